The Kier molecular flexibility index (Phi) is 9.58. The number of esters is 2. The van der Waals surface area contributed by atoms with E-state index >= 15 is 0 Å². The number of rotatable bonds is 10. The molecule has 178 valence electrons. The Labute approximate surface area is 192 Å². The van der Waals surface area contributed by atoms with Crippen LogP contribution in [-0.4, -0.2) is 30.3 Å². The Morgan fingerprint density at radius 2 is 1.72 bits per heavy atom. The minimum Gasteiger partial charge on any atom is -0.469 e. The molecule has 1 aromatic rings. The molecule has 2 fully saturated rings. The van der Waals surface area contributed by atoms with Crippen LogP contribution in [0.2, 0.25) is 0 Å². The smallest absolute Gasteiger partial charge is 0.312 e. The normalized spacial score (nSPS) is 23.8. The molecule has 2 saturated carbocycles. The van der Waals surface area contributed by atoms with E-state index in [2.05, 4.69) is 0 Å². The predicted octanol–water partition coefficient (Wildman–Crippen LogP) is 5.58. The van der Waals surface area contributed by atoms with Gasteiger partial charge in [-0.25, -0.2) is 0 Å². The van der Waals surface area contributed by atoms with Gasteiger partial charge in [0, 0.05) is 0 Å². The zero-order valence-electron chi connectivity index (χ0n) is 19.6. The summed E-state index contributed by atoms with van der Waals surface area (Å²) in [4.78, 5) is 26.1. The molecule has 0 radical (unpaired) electrons. The highest BCUT2D eigenvalue weighted by atomic mass is 16.5. The molecule has 0 bridgehead atoms. The average Bonchev–Trinajstić information content (AvgIpc) is 2.82. The number of aliphatic hydroxyl groups excluding tert-OH is 1. The molecule has 5 heteroatoms. The minimum absolute atomic E-state index is 0.0474. The van der Waals surface area contributed by atoms with Gasteiger partial charge in [-0.05, 0) is 49.5 Å². The van der Waals surface area contributed by atoms with E-state index in [9.17, 15) is 14.7 Å². The number of hydrogen-bond acceptors (Lipinski definition) is 5. The summed E-state index contributed by atoms with van der Waals surface area (Å²) in [5.41, 5.74) is 0.0592. The number of carbonyl (C=O) groups excluding carboxylic acids is 2. The molecule has 5 nitrogen and oxygen atoms in total. The van der Waals surface area contributed by atoms with Crippen molar-refractivity contribution in [1.82, 2.24) is 0 Å². The van der Waals surface area contributed by atoms with Crippen LogP contribution in [-0.2, 0) is 25.7 Å². The zero-order valence-corrected chi connectivity index (χ0v) is 19.6. The maximum Gasteiger partial charge on any atom is 0.312 e. The molecule has 0 aliphatic heterocycles. The quantitative estimate of drug-likeness (QED) is 0.477. The summed E-state index contributed by atoms with van der Waals surface area (Å²) in [6.45, 7) is 0.210. The van der Waals surface area contributed by atoms with Crippen LogP contribution < -0.4 is 0 Å². The van der Waals surface area contributed by atoms with Gasteiger partial charge < -0.3 is 14.6 Å². The predicted molar refractivity (Wildman–Crippen MR) is 124 cm³/mol. The van der Waals surface area contributed by atoms with Gasteiger partial charge in [-0.3, -0.25) is 9.59 Å². The molecule has 0 unspecified atom stereocenters. The molecule has 1 aromatic carbocycles. The van der Waals surface area contributed by atoms with E-state index in [0.29, 0.717) is 25.2 Å². The van der Waals surface area contributed by atoms with Crippen molar-refractivity contribution >= 4 is 11.9 Å². The standard InChI is InChI=1S/C27H40O5/c1-31-26(30)27(16-15-21-9-4-2-5-10-21,18-23-13-8-14-24(28)17-23)19-25(29)32-20-22-11-6-3-7-12-22/h3,6-7,11-12,21,23-24,28H,2,4-5,8-10,13-20H2,1H3/t23-,24-,27-/m0/s1. The average molecular weight is 445 g/mol. The van der Waals surface area contributed by atoms with Gasteiger partial charge in [-0.15, -0.1) is 0 Å². The molecule has 3 atom stereocenters. The monoisotopic (exact) mass is 444 g/mol. The van der Waals surface area contributed by atoms with Crippen LogP contribution in [0.4, 0.5) is 0 Å². The maximum atomic E-state index is 13.2. The third kappa shape index (κ3) is 7.33. The van der Waals surface area contributed by atoms with E-state index in [1.165, 1.54) is 39.2 Å². The largest absolute Gasteiger partial charge is 0.469 e. The lowest BCUT2D eigenvalue weighted by atomic mass is 9.68. The van der Waals surface area contributed by atoms with Crippen molar-refractivity contribution in [2.75, 3.05) is 7.11 Å². The number of aliphatic hydroxyl groups is 1. The third-order valence-corrected chi connectivity index (χ3v) is 7.53. The molecule has 0 amide bonds. The third-order valence-electron chi connectivity index (χ3n) is 7.53. The number of carbonyl (C=O) groups is 2. The first-order valence-corrected chi connectivity index (χ1v) is 12.5. The lowest BCUT2D eigenvalue weighted by Crippen LogP contribution is -2.39. The van der Waals surface area contributed by atoms with Gasteiger partial charge in [0.15, 0.2) is 0 Å². The van der Waals surface area contributed by atoms with Gasteiger partial charge in [-0.2, -0.15) is 0 Å². The summed E-state index contributed by atoms with van der Waals surface area (Å²) in [6.07, 6.45) is 11.6. The van der Waals surface area contributed by atoms with Crippen LogP contribution in [0.15, 0.2) is 30.3 Å². The van der Waals surface area contributed by atoms with Gasteiger partial charge in [0.25, 0.3) is 0 Å². The second-order valence-corrected chi connectivity index (χ2v) is 10.0. The highest BCUT2D eigenvalue weighted by Gasteiger charge is 2.44. The SMILES string of the molecule is COC(=O)[C@](CCC1CCCCC1)(CC(=O)OCc1ccccc1)C[C@H]1CCC[C@H](O)C1. The van der Waals surface area contributed by atoms with Crippen LogP contribution in [0.5, 0.6) is 0 Å². The fraction of sp³-hybridized carbons (Fsp3) is 0.704. The molecule has 2 aliphatic carbocycles. The highest BCUT2D eigenvalue weighted by Crippen LogP contribution is 2.43. The lowest BCUT2D eigenvalue weighted by Gasteiger charge is -2.37. The number of hydrogen-bond donors (Lipinski definition) is 1. The van der Waals surface area contributed by atoms with Crippen molar-refractivity contribution in [3.8, 4) is 0 Å². The van der Waals surface area contributed by atoms with Gasteiger partial charge in [0.1, 0.15) is 6.61 Å². The first-order chi connectivity index (χ1) is 15.5. The molecular formula is C27H40O5. The van der Waals surface area contributed by atoms with E-state index in [4.69, 9.17) is 9.47 Å². The van der Waals surface area contributed by atoms with Crippen molar-refractivity contribution in [3.05, 3.63) is 35.9 Å². The van der Waals surface area contributed by atoms with E-state index < -0.39 is 5.41 Å². The van der Waals surface area contributed by atoms with Crippen molar-refractivity contribution in [1.29, 1.82) is 0 Å². The Balaban J connectivity index is 1.72. The summed E-state index contributed by atoms with van der Waals surface area (Å²) in [6, 6.07) is 9.61. The maximum absolute atomic E-state index is 13.2. The molecule has 1 N–H and O–H groups in total. The number of methoxy groups -OCH3 is 1. The van der Waals surface area contributed by atoms with Crippen molar-refractivity contribution in [2.45, 2.75) is 96.2 Å². The first-order valence-electron chi connectivity index (χ1n) is 12.5. The van der Waals surface area contributed by atoms with Crippen LogP contribution in [0.3, 0.4) is 0 Å². The van der Waals surface area contributed by atoms with E-state index in [1.807, 2.05) is 30.3 Å². The second-order valence-electron chi connectivity index (χ2n) is 10.0. The summed E-state index contributed by atoms with van der Waals surface area (Å²) in [5.74, 6) is 0.195. The summed E-state index contributed by atoms with van der Waals surface area (Å²) >= 11 is 0. The molecule has 3 rings (SSSR count). The van der Waals surface area contributed by atoms with Gasteiger partial charge in [0.05, 0.1) is 25.0 Å². The second kappa shape index (κ2) is 12.4. The molecular weight excluding hydrogens is 404 g/mol. The topological polar surface area (TPSA) is 72.8 Å². The highest BCUT2D eigenvalue weighted by molar-refractivity contribution is 5.83. The van der Waals surface area contributed by atoms with Crippen LogP contribution >= 0.6 is 0 Å². The Bertz CT molecular complexity index is 712. The van der Waals surface area contributed by atoms with Gasteiger partial charge >= 0.3 is 11.9 Å². The number of benzene rings is 1. The first kappa shape index (κ1) is 24.8. The van der Waals surface area contributed by atoms with Crippen LogP contribution in [0, 0.1) is 17.3 Å². The van der Waals surface area contributed by atoms with Crippen LogP contribution in [0.1, 0.15) is 89.0 Å². The number of ether oxygens (including phenoxy) is 2. The minimum atomic E-state index is -0.873. The molecule has 0 aromatic heterocycles. The van der Waals surface area contributed by atoms with E-state index in [1.54, 1.807) is 0 Å². The molecule has 2 aliphatic rings. The molecule has 32 heavy (non-hydrogen) atoms. The molecule has 0 saturated heterocycles. The van der Waals surface area contributed by atoms with Crippen LogP contribution in [0.25, 0.3) is 0 Å². The Morgan fingerprint density at radius 1 is 1.00 bits per heavy atom. The lowest BCUT2D eigenvalue weighted by molar-refractivity contribution is -0.163. The van der Waals surface area contributed by atoms with Crippen molar-refractivity contribution < 1.29 is 24.2 Å². The summed E-state index contributed by atoms with van der Waals surface area (Å²) < 4.78 is 10.9. The van der Waals surface area contributed by atoms with Crippen molar-refractivity contribution in [3.63, 3.8) is 0 Å². The van der Waals surface area contributed by atoms with Gasteiger partial charge in [-0.1, -0.05) is 75.3 Å². The van der Waals surface area contributed by atoms with E-state index in [0.717, 1.165) is 31.2 Å². The Hall–Kier alpha value is -1.88. The van der Waals surface area contributed by atoms with E-state index in [-0.39, 0.29) is 37.0 Å². The Morgan fingerprint density at radius 3 is 2.41 bits per heavy atom. The summed E-state index contributed by atoms with van der Waals surface area (Å²) in [7, 11) is 1.42. The fourth-order valence-corrected chi connectivity index (χ4v) is 5.76. The van der Waals surface area contributed by atoms with Crippen molar-refractivity contribution in [2.24, 2.45) is 17.3 Å². The fourth-order valence-electron chi connectivity index (χ4n) is 5.76. The van der Waals surface area contributed by atoms with Gasteiger partial charge in [0.2, 0.25) is 0 Å². The summed E-state index contributed by atoms with van der Waals surface area (Å²) in [5, 5.41) is 10.2. The zero-order chi connectivity index (χ0) is 22.8. The molecule has 0 heterocycles. The molecule has 0 spiro atoms.